The van der Waals surface area contributed by atoms with Crippen molar-refractivity contribution in [3.63, 3.8) is 0 Å². The van der Waals surface area contributed by atoms with Crippen molar-refractivity contribution in [2.24, 2.45) is 4.99 Å². The number of para-hydroxylation sites is 1. The molecule has 2 aromatic carbocycles. The maximum Gasteiger partial charge on any atom is 0.338 e. The smallest absolute Gasteiger partial charge is 0.338 e. The Morgan fingerprint density at radius 1 is 1.18 bits per heavy atom. The lowest BCUT2D eigenvalue weighted by Gasteiger charge is -2.26. The number of rotatable bonds is 7. The van der Waals surface area contributed by atoms with Crippen LogP contribution in [-0.4, -0.2) is 31.4 Å². The zero-order valence-corrected chi connectivity index (χ0v) is 22.8. The van der Waals surface area contributed by atoms with Crippen LogP contribution in [0.5, 0.6) is 11.5 Å². The molecule has 0 amide bonds. The van der Waals surface area contributed by atoms with Gasteiger partial charge in [-0.25, -0.2) is 9.79 Å². The largest absolute Gasteiger partial charge is 0.493 e. The molecular formula is C30H30N2O5S. The third-order valence-electron chi connectivity index (χ3n) is 6.79. The molecule has 0 fully saturated rings. The van der Waals surface area contributed by atoms with E-state index < -0.39 is 12.0 Å². The van der Waals surface area contributed by atoms with E-state index in [1.54, 1.807) is 24.7 Å². The minimum Gasteiger partial charge on any atom is -0.493 e. The maximum atomic E-state index is 14.0. The van der Waals surface area contributed by atoms with Crippen LogP contribution in [0.3, 0.4) is 0 Å². The zero-order valence-electron chi connectivity index (χ0n) is 21.9. The number of ether oxygens (including phenoxy) is 3. The first-order valence-corrected chi connectivity index (χ1v) is 13.5. The molecular weight excluding hydrogens is 500 g/mol. The van der Waals surface area contributed by atoms with E-state index >= 15 is 0 Å². The predicted octanol–water partition coefficient (Wildman–Crippen LogP) is 2.58. The number of thiazole rings is 1. The second kappa shape index (κ2) is 10.8. The number of esters is 1. The van der Waals surface area contributed by atoms with E-state index in [0.29, 0.717) is 44.3 Å². The summed E-state index contributed by atoms with van der Waals surface area (Å²) in [4.78, 5) is 32.3. The quantitative estimate of drug-likeness (QED) is 0.439. The van der Waals surface area contributed by atoms with Crippen LogP contribution in [0.25, 0.3) is 17.7 Å². The second-order valence-corrected chi connectivity index (χ2v) is 10.2. The lowest BCUT2D eigenvalue weighted by Crippen LogP contribution is -2.40. The molecule has 1 aromatic heterocycles. The van der Waals surface area contributed by atoms with E-state index in [2.05, 4.69) is 23.2 Å². The Bertz CT molecular complexity index is 1750. The van der Waals surface area contributed by atoms with E-state index in [1.807, 2.05) is 37.3 Å². The number of allylic oxidation sites excluding steroid dienone is 1. The van der Waals surface area contributed by atoms with Crippen molar-refractivity contribution in [2.75, 3.05) is 20.8 Å². The number of carbonyl (C=O) groups excluding carboxylic acids is 1. The van der Waals surface area contributed by atoms with E-state index in [9.17, 15) is 9.59 Å². The molecule has 0 saturated heterocycles. The van der Waals surface area contributed by atoms with Crippen molar-refractivity contribution >= 4 is 35.0 Å². The summed E-state index contributed by atoms with van der Waals surface area (Å²) < 4.78 is 19.0. The van der Waals surface area contributed by atoms with Gasteiger partial charge in [-0.3, -0.25) is 9.36 Å². The highest BCUT2D eigenvalue weighted by Crippen LogP contribution is 2.40. The molecule has 1 unspecified atom stereocenters. The number of benzene rings is 2. The highest BCUT2D eigenvalue weighted by atomic mass is 32.1. The number of methoxy groups -OCH3 is 2. The van der Waals surface area contributed by atoms with E-state index in [1.165, 1.54) is 23.7 Å². The van der Waals surface area contributed by atoms with Gasteiger partial charge in [0.15, 0.2) is 16.3 Å². The van der Waals surface area contributed by atoms with Gasteiger partial charge in [0.25, 0.3) is 5.56 Å². The number of hydrogen-bond donors (Lipinski definition) is 0. The van der Waals surface area contributed by atoms with Crippen molar-refractivity contribution in [1.82, 2.24) is 4.57 Å². The second-order valence-electron chi connectivity index (χ2n) is 9.16. The molecule has 7 nitrogen and oxygen atoms in total. The molecule has 38 heavy (non-hydrogen) atoms. The Hall–Kier alpha value is -3.91. The van der Waals surface area contributed by atoms with Gasteiger partial charge >= 0.3 is 5.97 Å². The minimum absolute atomic E-state index is 0.212. The van der Waals surface area contributed by atoms with Crippen LogP contribution in [0.15, 0.2) is 63.5 Å². The van der Waals surface area contributed by atoms with Gasteiger partial charge in [0.1, 0.15) is 6.04 Å². The van der Waals surface area contributed by atoms with Crippen LogP contribution < -0.4 is 34.8 Å². The summed E-state index contributed by atoms with van der Waals surface area (Å²) in [6, 6.07) is 12.9. The van der Waals surface area contributed by atoms with Crippen molar-refractivity contribution in [2.45, 2.75) is 39.2 Å². The average Bonchev–Trinajstić information content (AvgIpc) is 3.24. The Morgan fingerprint density at radius 3 is 2.76 bits per heavy atom. The lowest BCUT2D eigenvalue weighted by molar-refractivity contribution is -0.136. The zero-order chi connectivity index (χ0) is 26.8. The van der Waals surface area contributed by atoms with Crippen LogP contribution in [0.2, 0.25) is 0 Å². The Morgan fingerprint density at radius 2 is 2.00 bits per heavy atom. The van der Waals surface area contributed by atoms with Gasteiger partial charge in [0.05, 0.1) is 36.6 Å². The molecule has 1 atom stereocenters. The topological polar surface area (TPSA) is 79.1 Å². The summed E-state index contributed by atoms with van der Waals surface area (Å²) in [6.45, 7) is 4.24. The van der Waals surface area contributed by atoms with Gasteiger partial charge in [-0.05, 0) is 54.3 Å². The predicted molar refractivity (Wildman–Crippen MR) is 148 cm³/mol. The van der Waals surface area contributed by atoms with E-state index in [0.717, 1.165) is 30.1 Å². The molecule has 1 aliphatic carbocycles. The fourth-order valence-corrected chi connectivity index (χ4v) is 6.10. The van der Waals surface area contributed by atoms with E-state index in [-0.39, 0.29) is 5.56 Å². The summed E-state index contributed by atoms with van der Waals surface area (Å²) in [5, 5.41) is 2.31. The number of hydrogen-bond acceptors (Lipinski definition) is 7. The van der Waals surface area contributed by atoms with Crippen LogP contribution in [0.1, 0.15) is 44.7 Å². The van der Waals surface area contributed by atoms with Crippen molar-refractivity contribution in [3.05, 3.63) is 89.4 Å². The molecule has 8 heteroatoms. The summed E-state index contributed by atoms with van der Waals surface area (Å²) in [6.07, 6.45) is 6.75. The highest BCUT2D eigenvalue weighted by Gasteiger charge is 2.35. The van der Waals surface area contributed by atoms with Gasteiger partial charge in [0, 0.05) is 5.56 Å². The summed E-state index contributed by atoms with van der Waals surface area (Å²) in [5.74, 6) is 0.488. The number of fused-ring (bicyclic) bond motifs is 2. The monoisotopic (exact) mass is 530 g/mol. The van der Waals surface area contributed by atoms with Crippen molar-refractivity contribution in [1.29, 1.82) is 0 Å². The Kier molecular flexibility index (Phi) is 7.33. The number of aromatic nitrogens is 1. The van der Waals surface area contributed by atoms with Crippen LogP contribution >= 0.6 is 11.3 Å². The number of carbonyl (C=O) groups is 1. The van der Waals surface area contributed by atoms with Crippen molar-refractivity contribution in [3.8, 4) is 11.5 Å². The Labute approximate surface area is 224 Å². The van der Waals surface area contributed by atoms with Gasteiger partial charge in [0.2, 0.25) is 0 Å². The van der Waals surface area contributed by atoms with Crippen molar-refractivity contribution < 1.29 is 19.0 Å². The van der Waals surface area contributed by atoms with E-state index in [4.69, 9.17) is 14.2 Å². The molecule has 2 heterocycles. The first-order valence-electron chi connectivity index (χ1n) is 12.7. The number of nitrogens with zero attached hydrogens (tertiary/aromatic N) is 2. The summed E-state index contributed by atoms with van der Waals surface area (Å²) >= 11 is 1.33. The first kappa shape index (κ1) is 25.7. The maximum absolute atomic E-state index is 14.0. The Balaban J connectivity index is 1.79. The molecule has 1 aliphatic heterocycles. The van der Waals surface area contributed by atoms with Crippen LogP contribution in [0.4, 0.5) is 0 Å². The SMILES string of the molecule is CCCOc1c(OC)cccc1C1C(C(=O)OC)=C(C)N=c2sc(=CC3=c4ccccc4=CCC3)c(=O)n21. The molecule has 5 rings (SSSR count). The third-order valence-corrected chi connectivity index (χ3v) is 7.77. The molecule has 0 bridgehead atoms. The molecule has 0 radical (unpaired) electrons. The van der Waals surface area contributed by atoms with Gasteiger partial charge in [-0.15, -0.1) is 0 Å². The summed E-state index contributed by atoms with van der Waals surface area (Å²) in [5.41, 5.74) is 2.35. The molecule has 0 N–H and O–H groups in total. The fraction of sp³-hybridized carbons (Fsp3) is 0.300. The van der Waals surface area contributed by atoms with Crippen LogP contribution in [0, 0.1) is 0 Å². The minimum atomic E-state index is -0.778. The average molecular weight is 531 g/mol. The third kappa shape index (κ3) is 4.49. The highest BCUT2D eigenvalue weighted by molar-refractivity contribution is 7.07. The normalized spacial score (nSPS) is 16.8. The molecule has 196 valence electrons. The molecule has 0 spiro atoms. The molecule has 3 aromatic rings. The standard InChI is InChI=1S/C30H30N2O5S/c1-5-16-37-27-22(14-9-15-23(27)35-3)26-25(29(34)36-4)18(2)31-30-32(26)28(33)24(38-30)17-20-12-8-11-19-10-6-7-13-21(19)20/h6-7,9-11,13-15,17,26H,5,8,12,16H2,1-4H3. The molecule has 2 aliphatic rings. The van der Waals surface area contributed by atoms with Gasteiger partial charge in [-0.1, -0.05) is 60.7 Å². The lowest BCUT2D eigenvalue weighted by atomic mass is 9.94. The molecule has 0 saturated carbocycles. The van der Waals surface area contributed by atoms with Gasteiger partial charge in [-0.2, -0.15) is 0 Å². The van der Waals surface area contributed by atoms with Gasteiger partial charge < -0.3 is 14.2 Å². The van der Waals surface area contributed by atoms with Crippen LogP contribution in [-0.2, 0) is 9.53 Å². The fourth-order valence-electron chi connectivity index (χ4n) is 5.05. The summed E-state index contributed by atoms with van der Waals surface area (Å²) in [7, 11) is 2.90. The first-order chi connectivity index (χ1) is 18.5.